The van der Waals surface area contributed by atoms with Gasteiger partial charge in [-0.2, -0.15) is 13.2 Å². The molecule has 5 nitrogen and oxygen atoms in total. The number of esters is 1. The van der Waals surface area contributed by atoms with Crippen molar-refractivity contribution in [3.05, 3.63) is 0 Å². The molecule has 0 aromatic carbocycles. The number of alkyl halides is 3. The Kier molecular flexibility index (Phi) is 4.79. The Bertz CT molecular complexity index is 296. The summed E-state index contributed by atoms with van der Waals surface area (Å²) >= 11 is 0. The molecule has 0 aromatic heterocycles. The van der Waals surface area contributed by atoms with E-state index in [2.05, 4.69) is 9.47 Å². The molecule has 0 aliphatic heterocycles. The molecule has 0 unspecified atom stereocenters. The predicted octanol–water partition coefficient (Wildman–Crippen LogP) is 1.61. The smallest absolute Gasteiger partial charge is 0.419 e. The molecule has 17 heavy (non-hydrogen) atoms. The highest BCUT2D eigenvalue weighted by molar-refractivity contribution is 5.82. The van der Waals surface area contributed by atoms with Crippen LogP contribution in [0.25, 0.3) is 0 Å². The fraction of sp³-hybridized carbons (Fsp3) is 0.778. The van der Waals surface area contributed by atoms with Crippen molar-refractivity contribution in [3.8, 4) is 0 Å². The molecule has 0 saturated heterocycles. The Labute approximate surface area is 96.3 Å². The van der Waals surface area contributed by atoms with Gasteiger partial charge in [-0.3, -0.25) is 5.32 Å². The van der Waals surface area contributed by atoms with Gasteiger partial charge in [-0.1, -0.05) is 0 Å². The molecule has 0 saturated carbocycles. The van der Waals surface area contributed by atoms with Gasteiger partial charge in [0.15, 0.2) is 0 Å². The number of hydrogen-bond acceptors (Lipinski definition) is 4. The van der Waals surface area contributed by atoms with E-state index in [0.717, 1.165) is 7.11 Å². The zero-order valence-corrected chi connectivity index (χ0v) is 9.84. The second kappa shape index (κ2) is 5.24. The third-order valence-corrected chi connectivity index (χ3v) is 1.43. The van der Waals surface area contributed by atoms with Crippen LogP contribution in [-0.4, -0.2) is 37.0 Å². The quantitative estimate of drug-likeness (QED) is 0.763. The van der Waals surface area contributed by atoms with Crippen LogP contribution in [-0.2, 0) is 14.3 Å². The summed E-state index contributed by atoms with van der Waals surface area (Å²) < 4.78 is 45.7. The Hall–Kier alpha value is -1.47. The van der Waals surface area contributed by atoms with Gasteiger partial charge in [0.1, 0.15) is 5.60 Å². The zero-order chi connectivity index (χ0) is 13.9. The molecule has 100 valence electrons. The van der Waals surface area contributed by atoms with Gasteiger partial charge >= 0.3 is 18.2 Å². The molecule has 0 aliphatic rings. The van der Waals surface area contributed by atoms with Crippen LogP contribution in [0.1, 0.15) is 20.8 Å². The maximum atomic E-state index is 12.4. The highest BCUT2D eigenvalue weighted by Gasteiger charge is 2.47. The maximum absolute atomic E-state index is 12.4. The van der Waals surface area contributed by atoms with Gasteiger partial charge in [-0.15, -0.1) is 0 Å². The summed E-state index contributed by atoms with van der Waals surface area (Å²) in [6.45, 7) is 4.44. The third kappa shape index (κ3) is 5.98. The minimum absolute atomic E-state index is 0.790. The van der Waals surface area contributed by atoms with Crippen molar-refractivity contribution in [2.75, 3.05) is 7.11 Å². The Morgan fingerprint density at radius 2 is 1.65 bits per heavy atom. The van der Waals surface area contributed by atoms with Gasteiger partial charge < -0.3 is 9.47 Å². The molecule has 0 bridgehead atoms. The number of alkyl carbamates (subject to hydrolysis) is 1. The zero-order valence-electron chi connectivity index (χ0n) is 9.84. The van der Waals surface area contributed by atoms with Gasteiger partial charge in [0.25, 0.3) is 0 Å². The SMILES string of the molecule is COC(=O)[C@@H](NC(=O)OC(C)(C)C)C(F)(F)F. The number of rotatable bonds is 2. The summed E-state index contributed by atoms with van der Waals surface area (Å²) in [5.74, 6) is -1.61. The van der Waals surface area contributed by atoms with E-state index in [1.807, 2.05) is 0 Å². The molecular formula is C9H14F3NO4. The van der Waals surface area contributed by atoms with Crippen LogP contribution < -0.4 is 5.32 Å². The number of carbonyl (C=O) groups is 2. The highest BCUT2D eigenvalue weighted by atomic mass is 19.4. The van der Waals surface area contributed by atoms with Crippen LogP contribution in [0, 0.1) is 0 Å². The first-order chi connectivity index (χ1) is 7.47. The summed E-state index contributed by atoms with van der Waals surface area (Å²) in [5.41, 5.74) is -0.962. The second-order valence-corrected chi connectivity index (χ2v) is 4.14. The maximum Gasteiger partial charge on any atom is 0.419 e. The van der Waals surface area contributed by atoms with Crippen molar-refractivity contribution >= 4 is 12.1 Å². The molecule has 1 N–H and O–H groups in total. The fourth-order valence-corrected chi connectivity index (χ4v) is 0.818. The van der Waals surface area contributed by atoms with E-state index >= 15 is 0 Å². The first-order valence-electron chi connectivity index (χ1n) is 4.61. The number of nitrogens with one attached hydrogen (secondary N) is 1. The lowest BCUT2D eigenvalue weighted by Crippen LogP contribution is -2.52. The van der Waals surface area contributed by atoms with Crippen LogP contribution in [0.2, 0.25) is 0 Å². The van der Waals surface area contributed by atoms with E-state index in [0.29, 0.717) is 0 Å². The van der Waals surface area contributed by atoms with Crippen molar-refractivity contribution in [1.82, 2.24) is 5.32 Å². The molecule has 0 rings (SSSR count). The van der Waals surface area contributed by atoms with Gasteiger partial charge in [0.2, 0.25) is 6.04 Å². The van der Waals surface area contributed by atoms with E-state index < -0.39 is 29.9 Å². The minimum Gasteiger partial charge on any atom is -0.467 e. The van der Waals surface area contributed by atoms with Crippen molar-refractivity contribution < 1.29 is 32.2 Å². The lowest BCUT2D eigenvalue weighted by molar-refractivity contribution is -0.181. The molecule has 0 radical (unpaired) electrons. The van der Waals surface area contributed by atoms with Crippen molar-refractivity contribution in [2.24, 2.45) is 0 Å². The van der Waals surface area contributed by atoms with E-state index in [1.54, 1.807) is 0 Å². The molecule has 0 fully saturated rings. The topological polar surface area (TPSA) is 64.6 Å². The van der Waals surface area contributed by atoms with E-state index in [4.69, 9.17) is 0 Å². The molecule has 0 aromatic rings. The first kappa shape index (κ1) is 15.5. The van der Waals surface area contributed by atoms with Crippen LogP contribution in [0.15, 0.2) is 0 Å². The first-order valence-corrected chi connectivity index (χ1v) is 4.61. The Morgan fingerprint density at radius 3 is 1.94 bits per heavy atom. The van der Waals surface area contributed by atoms with E-state index in [9.17, 15) is 22.8 Å². The molecular weight excluding hydrogens is 243 g/mol. The van der Waals surface area contributed by atoms with Gasteiger partial charge in [-0.05, 0) is 20.8 Å². The Morgan fingerprint density at radius 1 is 1.18 bits per heavy atom. The summed E-state index contributed by atoms with van der Waals surface area (Å²) in [7, 11) is 0.790. The fourth-order valence-electron chi connectivity index (χ4n) is 0.818. The number of methoxy groups -OCH3 is 1. The van der Waals surface area contributed by atoms with Crippen molar-refractivity contribution in [3.63, 3.8) is 0 Å². The molecule has 0 spiro atoms. The molecule has 0 aliphatic carbocycles. The van der Waals surface area contributed by atoms with E-state index in [-0.39, 0.29) is 0 Å². The summed E-state index contributed by atoms with van der Waals surface area (Å²) in [6, 6.07) is -2.73. The summed E-state index contributed by atoms with van der Waals surface area (Å²) in [4.78, 5) is 21.9. The minimum atomic E-state index is -4.94. The number of carbonyl (C=O) groups excluding carboxylic acids is 2. The molecule has 1 atom stereocenters. The third-order valence-electron chi connectivity index (χ3n) is 1.43. The lowest BCUT2D eigenvalue weighted by Gasteiger charge is -2.23. The van der Waals surface area contributed by atoms with Crippen LogP contribution in [0.4, 0.5) is 18.0 Å². The lowest BCUT2D eigenvalue weighted by atomic mass is 10.2. The van der Waals surface area contributed by atoms with Crippen LogP contribution >= 0.6 is 0 Å². The number of halogens is 3. The standard InChI is InChI=1S/C9H14F3NO4/c1-8(2,3)17-7(15)13-5(6(14)16-4)9(10,11)12/h5H,1-4H3,(H,13,15)/t5-/m1/s1. The van der Waals surface area contributed by atoms with Crippen molar-refractivity contribution in [2.45, 2.75) is 38.6 Å². The largest absolute Gasteiger partial charge is 0.467 e. The highest BCUT2D eigenvalue weighted by Crippen LogP contribution is 2.21. The monoisotopic (exact) mass is 257 g/mol. The van der Waals surface area contributed by atoms with Gasteiger partial charge in [-0.25, -0.2) is 9.59 Å². The number of hydrogen-bond donors (Lipinski definition) is 1. The van der Waals surface area contributed by atoms with Crippen LogP contribution in [0.3, 0.4) is 0 Å². The predicted molar refractivity (Wildman–Crippen MR) is 51.2 cm³/mol. The number of amides is 1. The number of ether oxygens (including phenoxy) is 2. The molecule has 1 amide bonds. The summed E-state index contributed by atoms with van der Waals surface area (Å²) in [6.07, 6.45) is -6.28. The molecule has 8 heteroatoms. The second-order valence-electron chi connectivity index (χ2n) is 4.14. The molecule has 0 heterocycles. The van der Waals surface area contributed by atoms with E-state index in [1.165, 1.54) is 26.1 Å². The van der Waals surface area contributed by atoms with Crippen LogP contribution in [0.5, 0.6) is 0 Å². The van der Waals surface area contributed by atoms with Crippen molar-refractivity contribution in [1.29, 1.82) is 0 Å². The van der Waals surface area contributed by atoms with Gasteiger partial charge in [0, 0.05) is 0 Å². The summed E-state index contributed by atoms with van der Waals surface area (Å²) in [5, 5.41) is 1.40. The Balaban J connectivity index is 4.67. The average molecular weight is 257 g/mol. The normalized spacial score (nSPS) is 13.8. The average Bonchev–Trinajstić information content (AvgIpc) is 2.08. The van der Waals surface area contributed by atoms with Gasteiger partial charge in [0.05, 0.1) is 7.11 Å².